The summed E-state index contributed by atoms with van der Waals surface area (Å²) < 4.78 is 7.83. The molecule has 0 saturated carbocycles. The van der Waals surface area contributed by atoms with Gasteiger partial charge in [0.2, 0.25) is 0 Å². The minimum Gasteiger partial charge on any atom is -0.487 e. The van der Waals surface area contributed by atoms with Crippen molar-refractivity contribution in [2.75, 3.05) is 0 Å². The van der Waals surface area contributed by atoms with Crippen LogP contribution in [-0.4, -0.2) is 9.78 Å². The Hall–Kier alpha value is -2.33. The van der Waals surface area contributed by atoms with Crippen molar-refractivity contribution < 1.29 is 4.74 Å². The molecule has 0 radical (unpaired) electrons. The zero-order chi connectivity index (χ0) is 14.8. The van der Waals surface area contributed by atoms with E-state index < -0.39 is 0 Å². The Balaban J connectivity index is 1.88. The highest BCUT2D eigenvalue weighted by molar-refractivity contribution is 5.81. The molecule has 3 rings (SSSR count). The predicted molar refractivity (Wildman–Crippen MR) is 84.1 cm³/mol. The number of aromatic nitrogens is 2. The molecule has 0 spiro atoms. The summed E-state index contributed by atoms with van der Waals surface area (Å²) in [6, 6.07) is 16.0. The fourth-order valence-corrected chi connectivity index (χ4v) is 2.53. The zero-order valence-electron chi connectivity index (χ0n) is 12.3. The van der Waals surface area contributed by atoms with E-state index in [4.69, 9.17) is 10.5 Å². The van der Waals surface area contributed by atoms with Crippen molar-refractivity contribution in [2.24, 2.45) is 12.8 Å². The number of hydrogen-bond donors (Lipinski definition) is 1. The summed E-state index contributed by atoms with van der Waals surface area (Å²) in [4.78, 5) is 0. The minimum absolute atomic E-state index is 0.0540. The third-order valence-electron chi connectivity index (χ3n) is 3.61. The average Bonchev–Trinajstić information content (AvgIpc) is 2.82. The van der Waals surface area contributed by atoms with Crippen LogP contribution in [0.3, 0.4) is 0 Å². The number of para-hydroxylation sites is 2. The maximum Gasteiger partial charge on any atom is 0.133 e. The van der Waals surface area contributed by atoms with Gasteiger partial charge in [0.1, 0.15) is 18.1 Å². The third kappa shape index (κ3) is 2.62. The lowest BCUT2D eigenvalue weighted by Crippen LogP contribution is -2.08. The van der Waals surface area contributed by atoms with Crippen LogP contribution in [0.4, 0.5) is 0 Å². The van der Waals surface area contributed by atoms with Crippen molar-refractivity contribution >= 4 is 10.9 Å². The highest BCUT2D eigenvalue weighted by Crippen LogP contribution is 2.25. The van der Waals surface area contributed by atoms with Gasteiger partial charge >= 0.3 is 0 Å². The fourth-order valence-electron chi connectivity index (χ4n) is 2.53. The molecule has 1 atom stereocenters. The first-order valence-corrected chi connectivity index (χ1v) is 7.04. The second-order valence-electron chi connectivity index (χ2n) is 5.20. The van der Waals surface area contributed by atoms with Crippen LogP contribution < -0.4 is 10.5 Å². The summed E-state index contributed by atoms with van der Waals surface area (Å²) in [5.41, 5.74) is 9.04. The summed E-state index contributed by atoms with van der Waals surface area (Å²) in [7, 11) is 1.95. The summed E-state index contributed by atoms with van der Waals surface area (Å²) >= 11 is 0. The van der Waals surface area contributed by atoms with Gasteiger partial charge < -0.3 is 10.5 Å². The molecule has 0 saturated heterocycles. The van der Waals surface area contributed by atoms with Gasteiger partial charge in [-0.3, -0.25) is 4.68 Å². The zero-order valence-corrected chi connectivity index (χ0v) is 12.3. The molecular weight excluding hydrogens is 262 g/mol. The molecule has 0 aliphatic carbocycles. The molecule has 0 bridgehead atoms. The Bertz CT molecular complexity index is 762. The molecule has 2 aromatic carbocycles. The number of aryl methyl sites for hydroxylation is 1. The molecule has 108 valence electrons. The highest BCUT2D eigenvalue weighted by Gasteiger charge is 2.11. The van der Waals surface area contributed by atoms with Crippen LogP contribution >= 0.6 is 0 Å². The predicted octanol–water partition coefficient (Wildman–Crippen LogP) is 3.17. The quantitative estimate of drug-likeness (QED) is 0.799. The molecule has 2 N–H and O–H groups in total. The Morgan fingerprint density at radius 1 is 1.14 bits per heavy atom. The van der Waals surface area contributed by atoms with Gasteiger partial charge in [-0.15, -0.1) is 0 Å². The number of nitrogens with zero attached hydrogens (tertiary/aromatic N) is 2. The number of hydrogen-bond acceptors (Lipinski definition) is 3. The maximum absolute atomic E-state index is 5.98. The fraction of sp³-hybridized carbons (Fsp3) is 0.235. The smallest absolute Gasteiger partial charge is 0.133 e. The molecule has 0 amide bonds. The van der Waals surface area contributed by atoms with Gasteiger partial charge in [0.25, 0.3) is 0 Å². The van der Waals surface area contributed by atoms with E-state index in [1.165, 1.54) is 0 Å². The SMILES string of the molecule is C[C@@H](N)c1ccccc1OCc1nn(C)c2ccccc12. The largest absolute Gasteiger partial charge is 0.487 e. The van der Waals surface area contributed by atoms with Gasteiger partial charge in [-0.2, -0.15) is 5.10 Å². The molecular formula is C17H19N3O. The van der Waals surface area contributed by atoms with E-state index in [0.29, 0.717) is 6.61 Å². The summed E-state index contributed by atoms with van der Waals surface area (Å²) in [5, 5.41) is 5.66. The van der Waals surface area contributed by atoms with Gasteiger partial charge in [-0.05, 0) is 19.1 Å². The molecule has 1 aromatic heterocycles. The van der Waals surface area contributed by atoms with Gasteiger partial charge in [-0.1, -0.05) is 36.4 Å². The van der Waals surface area contributed by atoms with Crippen molar-refractivity contribution in [1.29, 1.82) is 0 Å². The first-order valence-electron chi connectivity index (χ1n) is 7.04. The molecule has 4 nitrogen and oxygen atoms in total. The molecule has 4 heteroatoms. The number of fused-ring (bicyclic) bond motifs is 1. The average molecular weight is 281 g/mol. The second-order valence-corrected chi connectivity index (χ2v) is 5.20. The number of rotatable bonds is 4. The lowest BCUT2D eigenvalue weighted by Gasteiger charge is -2.13. The Labute approximate surface area is 124 Å². The van der Waals surface area contributed by atoms with Crippen molar-refractivity contribution in [3.63, 3.8) is 0 Å². The van der Waals surface area contributed by atoms with Crippen LogP contribution in [0.25, 0.3) is 10.9 Å². The summed E-state index contributed by atoms with van der Waals surface area (Å²) in [6.45, 7) is 2.39. The molecule has 0 unspecified atom stereocenters. The van der Waals surface area contributed by atoms with Crippen LogP contribution in [0, 0.1) is 0 Å². The topological polar surface area (TPSA) is 53.1 Å². The second kappa shape index (κ2) is 5.58. The molecule has 0 aliphatic rings. The highest BCUT2D eigenvalue weighted by atomic mass is 16.5. The van der Waals surface area contributed by atoms with E-state index in [0.717, 1.165) is 27.9 Å². The lowest BCUT2D eigenvalue weighted by atomic mass is 10.1. The molecule has 0 fully saturated rings. The standard InChI is InChI=1S/C17H19N3O/c1-12(18)13-7-4-6-10-17(13)21-11-15-14-8-3-5-9-16(14)20(2)19-15/h3-10,12H,11,18H2,1-2H3/t12-/m1/s1. The van der Waals surface area contributed by atoms with Gasteiger partial charge in [0, 0.05) is 24.0 Å². The maximum atomic E-state index is 5.98. The molecule has 0 aliphatic heterocycles. The van der Waals surface area contributed by atoms with Gasteiger partial charge in [0.05, 0.1) is 5.52 Å². The third-order valence-corrected chi connectivity index (χ3v) is 3.61. The van der Waals surface area contributed by atoms with Crippen LogP contribution in [0.5, 0.6) is 5.75 Å². The number of nitrogens with two attached hydrogens (primary N) is 1. The van der Waals surface area contributed by atoms with Crippen molar-refractivity contribution in [1.82, 2.24) is 9.78 Å². The Kier molecular flexibility index (Phi) is 3.62. The number of ether oxygens (including phenoxy) is 1. The van der Waals surface area contributed by atoms with Crippen LogP contribution in [-0.2, 0) is 13.7 Å². The summed E-state index contributed by atoms with van der Waals surface area (Å²) in [5.74, 6) is 0.822. The molecule has 3 aromatic rings. The van der Waals surface area contributed by atoms with Crippen LogP contribution in [0.15, 0.2) is 48.5 Å². The lowest BCUT2D eigenvalue weighted by molar-refractivity contribution is 0.297. The Morgan fingerprint density at radius 2 is 1.86 bits per heavy atom. The Morgan fingerprint density at radius 3 is 2.67 bits per heavy atom. The minimum atomic E-state index is -0.0540. The monoisotopic (exact) mass is 281 g/mol. The van der Waals surface area contributed by atoms with Gasteiger partial charge in [-0.25, -0.2) is 0 Å². The van der Waals surface area contributed by atoms with E-state index in [1.807, 2.05) is 55.1 Å². The van der Waals surface area contributed by atoms with E-state index in [1.54, 1.807) is 0 Å². The summed E-state index contributed by atoms with van der Waals surface area (Å²) in [6.07, 6.45) is 0. The van der Waals surface area contributed by atoms with E-state index in [-0.39, 0.29) is 6.04 Å². The van der Waals surface area contributed by atoms with E-state index >= 15 is 0 Å². The van der Waals surface area contributed by atoms with Crippen LogP contribution in [0.1, 0.15) is 24.2 Å². The first kappa shape index (κ1) is 13.6. The van der Waals surface area contributed by atoms with E-state index in [2.05, 4.69) is 17.2 Å². The normalized spacial score (nSPS) is 12.5. The van der Waals surface area contributed by atoms with Crippen LogP contribution in [0.2, 0.25) is 0 Å². The van der Waals surface area contributed by atoms with E-state index in [9.17, 15) is 0 Å². The molecule has 1 heterocycles. The van der Waals surface area contributed by atoms with Crippen molar-refractivity contribution in [3.8, 4) is 5.75 Å². The first-order chi connectivity index (χ1) is 10.2. The van der Waals surface area contributed by atoms with Crippen molar-refractivity contribution in [3.05, 3.63) is 59.8 Å². The molecule has 21 heavy (non-hydrogen) atoms. The number of benzene rings is 2. The van der Waals surface area contributed by atoms with Crippen molar-refractivity contribution in [2.45, 2.75) is 19.6 Å². The van der Waals surface area contributed by atoms with Gasteiger partial charge in [0.15, 0.2) is 0 Å².